The number of pyridine rings is 1. The lowest BCUT2D eigenvalue weighted by Crippen LogP contribution is -2.42. The number of carbonyl (C=O) groups is 1. The number of thioether (sulfide) groups is 1. The highest BCUT2D eigenvalue weighted by Crippen LogP contribution is 2.43. The highest BCUT2D eigenvalue weighted by atomic mass is 35.5. The normalized spacial score (nSPS) is 16.6. The van der Waals surface area contributed by atoms with Crippen molar-refractivity contribution < 1.29 is 19.7 Å². The van der Waals surface area contributed by atoms with Crippen LogP contribution in [0.5, 0.6) is 5.75 Å². The first-order valence-corrected chi connectivity index (χ1v) is 13.4. The average Bonchev–Trinajstić information content (AvgIpc) is 2.88. The number of aliphatic carboxylic acids is 1. The first kappa shape index (κ1) is 26.6. The van der Waals surface area contributed by atoms with Crippen molar-refractivity contribution in [2.24, 2.45) is 5.41 Å². The molecule has 3 heterocycles. The van der Waals surface area contributed by atoms with E-state index in [1.807, 2.05) is 18.2 Å². The number of fused-ring (bicyclic) bond motifs is 1. The Labute approximate surface area is 220 Å². The number of hydrogen-bond acceptors (Lipinski definition) is 8. The number of methoxy groups -OCH3 is 1. The third kappa shape index (κ3) is 6.64. The van der Waals surface area contributed by atoms with E-state index in [9.17, 15) is 15.0 Å². The number of aromatic nitrogens is 3. The van der Waals surface area contributed by atoms with Gasteiger partial charge in [0.1, 0.15) is 10.8 Å². The van der Waals surface area contributed by atoms with Crippen LogP contribution in [0.25, 0.3) is 10.9 Å². The van der Waals surface area contributed by atoms with Crippen molar-refractivity contribution in [3.05, 3.63) is 53.6 Å². The number of likely N-dealkylation sites (tertiary alicyclic amines) is 1. The summed E-state index contributed by atoms with van der Waals surface area (Å²) < 4.78 is 5.34. The Morgan fingerprint density at radius 3 is 2.75 bits per heavy atom. The number of carboxylic acids is 1. The summed E-state index contributed by atoms with van der Waals surface area (Å²) in [5.41, 5.74) is 0.987. The Kier molecular flexibility index (Phi) is 9.00. The van der Waals surface area contributed by atoms with E-state index in [4.69, 9.17) is 16.3 Å². The van der Waals surface area contributed by atoms with Crippen LogP contribution in [-0.4, -0.2) is 68.5 Å². The summed E-state index contributed by atoms with van der Waals surface area (Å²) in [6.07, 6.45) is 8.52. The zero-order chi connectivity index (χ0) is 25.5. The highest BCUT2D eigenvalue weighted by Gasteiger charge is 2.37. The van der Waals surface area contributed by atoms with E-state index >= 15 is 0 Å². The third-order valence-corrected chi connectivity index (χ3v) is 8.18. The van der Waals surface area contributed by atoms with Gasteiger partial charge in [0.2, 0.25) is 0 Å². The summed E-state index contributed by atoms with van der Waals surface area (Å²) >= 11 is 8.14. The molecule has 36 heavy (non-hydrogen) atoms. The molecule has 0 unspecified atom stereocenters. The molecule has 192 valence electrons. The van der Waals surface area contributed by atoms with Crippen LogP contribution in [0.2, 0.25) is 5.02 Å². The molecule has 1 atom stereocenters. The summed E-state index contributed by atoms with van der Waals surface area (Å²) in [4.78, 5) is 26.9. The van der Waals surface area contributed by atoms with E-state index in [1.54, 1.807) is 43.7 Å². The molecular formula is C26H31ClN4O4S. The fourth-order valence-corrected chi connectivity index (χ4v) is 6.05. The van der Waals surface area contributed by atoms with Crippen LogP contribution in [0.15, 0.2) is 48.0 Å². The fraction of sp³-hybridized carbons (Fsp3) is 0.462. The molecule has 0 saturated carbocycles. The van der Waals surface area contributed by atoms with Gasteiger partial charge >= 0.3 is 5.97 Å². The number of piperidine rings is 1. The molecule has 1 fully saturated rings. The zero-order valence-corrected chi connectivity index (χ0v) is 21.8. The van der Waals surface area contributed by atoms with E-state index in [0.717, 1.165) is 54.2 Å². The first-order chi connectivity index (χ1) is 17.4. The number of aliphatic hydroxyl groups is 1. The lowest BCUT2D eigenvalue weighted by molar-refractivity contribution is -0.141. The number of aliphatic hydroxyl groups excluding tert-OH is 1. The van der Waals surface area contributed by atoms with Gasteiger partial charge in [0.25, 0.3) is 0 Å². The Morgan fingerprint density at radius 2 is 2.06 bits per heavy atom. The molecule has 1 aliphatic heterocycles. The lowest BCUT2D eigenvalue weighted by atomic mass is 9.71. The van der Waals surface area contributed by atoms with E-state index in [1.165, 1.54) is 0 Å². The summed E-state index contributed by atoms with van der Waals surface area (Å²) in [5, 5.41) is 22.9. The van der Waals surface area contributed by atoms with Crippen LogP contribution in [-0.2, 0) is 4.79 Å². The Morgan fingerprint density at radius 1 is 1.25 bits per heavy atom. The maximum Gasteiger partial charge on any atom is 0.303 e. The van der Waals surface area contributed by atoms with Crippen LogP contribution in [0.4, 0.5) is 0 Å². The van der Waals surface area contributed by atoms with Gasteiger partial charge in [-0.3, -0.25) is 14.8 Å². The lowest BCUT2D eigenvalue weighted by Gasteiger charge is -2.41. The SMILES string of the molecule is COc1ccc2ncc(Cl)c([C@@H](O)CCC3(CC(=O)O)CCN(CCSc4cnccn4)CC3)c2c1. The van der Waals surface area contributed by atoms with Crippen LogP contribution < -0.4 is 4.74 Å². The van der Waals surface area contributed by atoms with Gasteiger partial charge in [-0.2, -0.15) is 0 Å². The maximum absolute atomic E-state index is 11.8. The van der Waals surface area contributed by atoms with Crippen molar-refractivity contribution in [1.82, 2.24) is 19.9 Å². The first-order valence-electron chi connectivity index (χ1n) is 12.0. The number of carboxylic acid groups (broad SMARTS) is 1. The molecule has 2 aromatic heterocycles. The minimum atomic E-state index is -0.831. The van der Waals surface area contributed by atoms with Gasteiger partial charge in [-0.1, -0.05) is 11.6 Å². The number of benzene rings is 1. The van der Waals surface area contributed by atoms with Gasteiger partial charge in [0, 0.05) is 41.8 Å². The summed E-state index contributed by atoms with van der Waals surface area (Å²) in [6.45, 7) is 2.58. The van der Waals surface area contributed by atoms with Crippen molar-refractivity contribution in [3.63, 3.8) is 0 Å². The van der Waals surface area contributed by atoms with Crippen LogP contribution in [0.1, 0.15) is 43.8 Å². The minimum absolute atomic E-state index is 0.0978. The maximum atomic E-state index is 11.8. The predicted molar refractivity (Wildman–Crippen MR) is 141 cm³/mol. The Bertz CT molecular complexity index is 1180. The summed E-state index contributed by atoms with van der Waals surface area (Å²) in [7, 11) is 1.59. The number of ether oxygens (including phenoxy) is 1. The number of hydrogen-bond donors (Lipinski definition) is 2. The molecule has 2 N–H and O–H groups in total. The van der Waals surface area contributed by atoms with Gasteiger partial charge in [-0.25, -0.2) is 4.98 Å². The molecule has 10 heteroatoms. The molecule has 0 radical (unpaired) electrons. The van der Waals surface area contributed by atoms with Gasteiger partial charge in [-0.15, -0.1) is 11.8 Å². The number of nitrogens with zero attached hydrogens (tertiary/aromatic N) is 4. The van der Waals surface area contributed by atoms with Gasteiger partial charge in [-0.05, 0) is 62.4 Å². The van der Waals surface area contributed by atoms with Crippen molar-refractivity contribution in [3.8, 4) is 5.75 Å². The van der Waals surface area contributed by atoms with Gasteiger partial charge in [0.05, 0.1) is 36.4 Å². The second kappa shape index (κ2) is 12.2. The fourth-order valence-electron chi connectivity index (χ4n) is 4.95. The second-order valence-corrected chi connectivity index (χ2v) is 10.8. The predicted octanol–water partition coefficient (Wildman–Crippen LogP) is 4.85. The molecule has 0 spiro atoms. The van der Waals surface area contributed by atoms with Gasteiger partial charge < -0.3 is 19.8 Å². The number of rotatable bonds is 11. The van der Waals surface area contributed by atoms with Crippen molar-refractivity contribution in [1.29, 1.82) is 0 Å². The van der Waals surface area contributed by atoms with E-state index < -0.39 is 12.1 Å². The second-order valence-electron chi connectivity index (χ2n) is 9.26. The van der Waals surface area contributed by atoms with Crippen LogP contribution in [0, 0.1) is 5.41 Å². The molecule has 0 aliphatic carbocycles. The number of halogens is 1. The smallest absolute Gasteiger partial charge is 0.303 e. The molecule has 0 amide bonds. The largest absolute Gasteiger partial charge is 0.497 e. The van der Waals surface area contributed by atoms with Crippen molar-refractivity contribution in [2.75, 3.05) is 32.5 Å². The summed E-state index contributed by atoms with van der Waals surface area (Å²) in [6, 6.07) is 5.49. The van der Waals surface area contributed by atoms with E-state index in [2.05, 4.69) is 19.9 Å². The van der Waals surface area contributed by atoms with E-state index in [-0.39, 0.29) is 11.8 Å². The molecule has 3 aromatic rings. The summed E-state index contributed by atoms with van der Waals surface area (Å²) in [5.74, 6) is 0.765. The molecule has 1 saturated heterocycles. The Balaban J connectivity index is 1.39. The standard InChI is InChI=1S/C26H31ClN4O4S/c1-35-18-2-3-21-19(14-18)25(20(27)16-30-21)22(32)4-5-26(15-24(33)34)6-10-31(11-7-26)12-13-36-23-17-28-8-9-29-23/h2-3,8-9,14,16-17,22,32H,4-7,10-13,15H2,1H3,(H,33,34)/t22-/m0/s1. The zero-order valence-electron chi connectivity index (χ0n) is 20.3. The third-order valence-electron chi connectivity index (χ3n) is 6.99. The van der Waals surface area contributed by atoms with Crippen LogP contribution in [0.3, 0.4) is 0 Å². The molecule has 1 aliphatic rings. The van der Waals surface area contributed by atoms with Gasteiger partial charge in [0.15, 0.2) is 0 Å². The monoisotopic (exact) mass is 530 g/mol. The van der Waals surface area contributed by atoms with Crippen LogP contribution >= 0.6 is 23.4 Å². The van der Waals surface area contributed by atoms with Crippen molar-refractivity contribution in [2.45, 2.75) is 43.2 Å². The minimum Gasteiger partial charge on any atom is -0.497 e. The topological polar surface area (TPSA) is 109 Å². The molecular weight excluding hydrogens is 500 g/mol. The van der Waals surface area contributed by atoms with E-state index in [0.29, 0.717) is 29.2 Å². The van der Waals surface area contributed by atoms with Crippen molar-refractivity contribution >= 4 is 40.2 Å². The average molecular weight is 531 g/mol. The molecule has 8 nitrogen and oxygen atoms in total. The Hall–Kier alpha value is -2.46. The molecule has 1 aromatic carbocycles. The highest BCUT2D eigenvalue weighted by molar-refractivity contribution is 7.99. The molecule has 0 bridgehead atoms. The quantitative estimate of drug-likeness (QED) is 0.336. The molecule has 4 rings (SSSR count).